The van der Waals surface area contributed by atoms with Crippen molar-refractivity contribution in [1.82, 2.24) is 10.2 Å². The quantitative estimate of drug-likeness (QED) is 0.743. The second kappa shape index (κ2) is 10.1. The molecule has 0 bridgehead atoms. The topological polar surface area (TPSA) is 114 Å². The Morgan fingerprint density at radius 1 is 1.28 bits per heavy atom. The van der Waals surface area contributed by atoms with E-state index in [1.165, 1.54) is 4.90 Å². The first-order valence-electron chi connectivity index (χ1n) is 9.43. The highest BCUT2D eigenvalue weighted by Crippen LogP contribution is 2.16. The van der Waals surface area contributed by atoms with Gasteiger partial charge in [0.15, 0.2) is 0 Å². The Morgan fingerprint density at radius 2 is 1.97 bits per heavy atom. The van der Waals surface area contributed by atoms with E-state index in [1.54, 1.807) is 32.9 Å². The SMILES string of the molecule is CC(C)(C)OC(=O)N1CCO[C@@H](CC(NC(=O)OCc2ccccc2)C(=O)O)C1. The van der Waals surface area contributed by atoms with Crippen molar-refractivity contribution in [3.05, 3.63) is 35.9 Å². The van der Waals surface area contributed by atoms with Crippen LogP contribution in [-0.2, 0) is 25.6 Å². The molecule has 0 spiro atoms. The van der Waals surface area contributed by atoms with Crippen molar-refractivity contribution < 1.29 is 33.7 Å². The number of carboxylic acid groups (broad SMARTS) is 1. The first-order valence-corrected chi connectivity index (χ1v) is 9.43. The smallest absolute Gasteiger partial charge is 0.410 e. The molecule has 9 nitrogen and oxygen atoms in total. The number of rotatable bonds is 6. The van der Waals surface area contributed by atoms with Gasteiger partial charge in [-0.1, -0.05) is 30.3 Å². The molecular weight excluding hydrogens is 380 g/mol. The summed E-state index contributed by atoms with van der Waals surface area (Å²) >= 11 is 0. The Bertz CT molecular complexity index is 703. The van der Waals surface area contributed by atoms with Crippen molar-refractivity contribution >= 4 is 18.2 Å². The number of carbonyl (C=O) groups excluding carboxylic acids is 2. The summed E-state index contributed by atoms with van der Waals surface area (Å²) in [6.07, 6.45) is -1.87. The molecular formula is C20H28N2O7. The minimum atomic E-state index is -1.21. The number of morpholine rings is 1. The molecule has 2 N–H and O–H groups in total. The van der Waals surface area contributed by atoms with Crippen LogP contribution in [0.5, 0.6) is 0 Å². The summed E-state index contributed by atoms with van der Waals surface area (Å²) in [5, 5.41) is 11.8. The maximum Gasteiger partial charge on any atom is 0.410 e. The van der Waals surface area contributed by atoms with E-state index in [2.05, 4.69) is 5.32 Å². The molecule has 2 amide bonds. The Balaban J connectivity index is 1.86. The van der Waals surface area contributed by atoms with E-state index in [4.69, 9.17) is 14.2 Å². The molecule has 1 heterocycles. The van der Waals surface area contributed by atoms with Gasteiger partial charge in [0.1, 0.15) is 18.2 Å². The Hall–Kier alpha value is -2.81. The molecule has 1 aliphatic heterocycles. The van der Waals surface area contributed by atoms with Crippen molar-refractivity contribution in [2.75, 3.05) is 19.7 Å². The normalized spacial score (nSPS) is 17.9. The fourth-order valence-corrected chi connectivity index (χ4v) is 2.75. The van der Waals surface area contributed by atoms with E-state index >= 15 is 0 Å². The number of carboxylic acids is 1. The van der Waals surface area contributed by atoms with Crippen molar-refractivity contribution in [3.8, 4) is 0 Å². The van der Waals surface area contributed by atoms with Crippen molar-refractivity contribution in [2.45, 2.75) is 51.5 Å². The lowest BCUT2D eigenvalue weighted by Gasteiger charge is -2.35. The zero-order chi connectivity index (χ0) is 21.4. The predicted octanol–water partition coefficient (Wildman–Crippen LogP) is 2.39. The lowest BCUT2D eigenvalue weighted by Crippen LogP contribution is -2.51. The summed E-state index contributed by atoms with van der Waals surface area (Å²) in [4.78, 5) is 37.2. The first kappa shape index (κ1) is 22.5. The maximum atomic E-state index is 12.2. The van der Waals surface area contributed by atoms with Gasteiger partial charge in [0.2, 0.25) is 0 Å². The fraction of sp³-hybridized carbons (Fsp3) is 0.550. The third-order valence-corrected chi connectivity index (χ3v) is 4.09. The van der Waals surface area contributed by atoms with Gasteiger partial charge in [-0.15, -0.1) is 0 Å². The molecule has 1 fully saturated rings. The lowest BCUT2D eigenvalue weighted by molar-refractivity contribution is -0.141. The number of ether oxygens (including phenoxy) is 3. The van der Waals surface area contributed by atoms with Crippen molar-refractivity contribution in [1.29, 1.82) is 0 Å². The number of alkyl carbamates (subject to hydrolysis) is 1. The number of aliphatic carboxylic acids is 1. The number of benzene rings is 1. The van der Waals surface area contributed by atoms with Crippen molar-refractivity contribution in [2.24, 2.45) is 0 Å². The van der Waals surface area contributed by atoms with Gasteiger partial charge in [-0.05, 0) is 26.3 Å². The number of carbonyl (C=O) groups is 3. The van der Waals surface area contributed by atoms with Crippen LogP contribution in [0.4, 0.5) is 9.59 Å². The summed E-state index contributed by atoms with van der Waals surface area (Å²) in [5.74, 6) is -1.21. The zero-order valence-electron chi connectivity index (χ0n) is 16.9. The highest BCUT2D eigenvalue weighted by molar-refractivity contribution is 5.79. The molecule has 0 saturated carbocycles. The molecule has 2 atom stereocenters. The molecule has 160 valence electrons. The molecule has 0 aliphatic carbocycles. The molecule has 1 saturated heterocycles. The summed E-state index contributed by atoms with van der Waals surface area (Å²) in [7, 11) is 0. The summed E-state index contributed by atoms with van der Waals surface area (Å²) < 4.78 is 16.0. The van der Waals surface area contributed by atoms with E-state index in [0.717, 1.165) is 5.56 Å². The van der Waals surface area contributed by atoms with Crippen LogP contribution in [0.25, 0.3) is 0 Å². The standard InChI is InChI=1S/C20H28N2O7/c1-20(2,3)29-19(26)22-9-10-27-15(12-22)11-16(17(23)24)21-18(25)28-13-14-7-5-4-6-8-14/h4-8,15-16H,9-13H2,1-3H3,(H,21,25)(H,23,24)/t15-,16?/m0/s1. The van der Waals surface area contributed by atoms with Gasteiger partial charge in [0.25, 0.3) is 0 Å². The van der Waals surface area contributed by atoms with Gasteiger partial charge in [-0.25, -0.2) is 14.4 Å². The van der Waals surface area contributed by atoms with Crippen LogP contribution in [0, 0.1) is 0 Å². The molecule has 9 heteroatoms. The predicted molar refractivity (Wildman–Crippen MR) is 103 cm³/mol. The largest absolute Gasteiger partial charge is 0.480 e. The maximum absolute atomic E-state index is 12.2. The van der Waals surface area contributed by atoms with E-state index in [9.17, 15) is 19.5 Å². The van der Waals surface area contributed by atoms with Crippen LogP contribution >= 0.6 is 0 Å². The third-order valence-electron chi connectivity index (χ3n) is 4.09. The number of amides is 2. The van der Waals surface area contributed by atoms with E-state index in [-0.39, 0.29) is 26.2 Å². The van der Waals surface area contributed by atoms with Crippen LogP contribution in [0.1, 0.15) is 32.8 Å². The van der Waals surface area contributed by atoms with Crippen LogP contribution in [0.15, 0.2) is 30.3 Å². The van der Waals surface area contributed by atoms with E-state index < -0.39 is 35.9 Å². The average molecular weight is 408 g/mol. The van der Waals surface area contributed by atoms with Gasteiger partial charge in [0, 0.05) is 13.0 Å². The Kier molecular flexibility index (Phi) is 7.83. The average Bonchev–Trinajstić information content (AvgIpc) is 2.65. The van der Waals surface area contributed by atoms with Gasteiger partial charge in [0.05, 0.1) is 19.3 Å². The van der Waals surface area contributed by atoms with E-state index in [0.29, 0.717) is 6.54 Å². The minimum absolute atomic E-state index is 0.00489. The van der Waals surface area contributed by atoms with Crippen LogP contribution in [0.2, 0.25) is 0 Å². The molecule has 1 unspecified atom stereocenters. The first-order chi connectivity index (χ1) is 13.6. The number of hydrogen-bond donors (Lipinski definition) is 2. The summed E-state index contributed by atoms with van der Waals surface area (Å²) in [6, 6.07) is 7.85. The molecule has 1 aliphatic rings. The molecule has 0 radical (unpaired) electrons. The van der Waals surface area contributed by atoms with Crippen LogP contribution < -0.4 is 5.32 Å². The minimum Gasteiger partial charge on any atom is -0.480 e. The van der Waals surface area contributed by atoms with Crippen LogP contribution in [-0.4, -0.2) is 65.6 Å². The van der Waals surface area contributed by atoms with E-state index in [1.807, 2.05) is 18.2 Å². The third kappa shape index (κ3) is 7.98. The second-order valence-corrected chi connectivity index (χ2v) is 7.75. The molecule has 29 heavy (non-hydrogen) atoms. The van der Waals surface area contributed by atoms with Gasteiger partial charge >= 0.3 is 18.2 Å². The van der Waals surface area contributed by atoms with Gasteiger partial charge in [-0.3, -0.25) is 0 Å². The monoisotopic (exact) mass is 408 g/mol. The second-order valence-electron chi connectivity index (χ2n) is 7.75. The number of hydrogen-bond acceptors (Lipinski definition) is 6. The molecule has 0 aromatic heterocycles. The van der Waals surface area contributed by atoms with Gasteiger partial charge in [-0.2, -0.15) is 0 Å². The fourth-order valence-electron chi connectivity index (χ4n) is 2.75. The molecule has 2 rings (SSSR count). The molecule has 1 aromatic rings. The molecule has 1 aromatic carbocycles. The lowest BCUT2D eigenvalue weighted by atomic mass is 10.1. The Morgan fingerprint density at radius 3 is 2.59 bits per heavy atom. The summed E-state index contributed by atoms with van der Waals surface area (Å²) in [5.41, 5.74) is 0.164. The summed E-state index contributed by atoms with van der Waals surface area (Å²) in [6.45, 7) is 6.14. The van der Waals surface area contributed by atoms with Gasteiger partial charge < -0.3 is 29.5 Å². The number of nitrogens with zero attached hydrogens (tertiary/aromatic N) is 1. The number of nitrogens with one attached hydrogen (secondary N) is 1. The van der Waals surface area contributed by atoms with Crippen molar-refractivity contribution in [3.63, 3.8) is 0 Å². The van der Waals surface area contributed by atoms with Crippen LogP contribution in [0.3, 0.4) is 0 Å². The Labute approximate surface area is 169 Å². The highest BCUT2D eigenvalue weighted by Gasteiger charge is 2.32. The zero-order valence-corrected chi connectivity index (χ0v) is 16.9. The highest BCUT2D eigenvalue weighted by atomic mass is 16.6.